The van der Waals surface area contributed by atoms with E-state index in [0.29, 0.717) is 11.8 Å². The predicted octanol–water partition coefficient (Wildman–Crippen LogP) is -0.140. The van der Waals surface area contributed by atoms with Crippen LogP contribution in [0, 0.1) is 0 Å². The molecule has 0 saturated carbocycles. The minimum Gasteiger partial charge on any atom is -0.452 e. The molecule has 0 radical (unpaired) electrons. The molecule has 7 nitrogen and oxygen atoms in total. The first-order chi connectivity index (χ1) is 9.97. The largest absolute Gasteiger partial charge is 0.452 e. The molecule has 1 rings (SSSR count). The minimum atomic E-state index is -0.672. The molecule has 1 N–H and O–H groups in total. The van der Waals surface area contributed by atoms with Gasteiger partial charge in [-0.15, -0.1) is 0 Å². The van der Waals surface area contributed by atoms with Gasteiger partial charge in [-0.2, -0.15) is 0 Å². The maximum atomic E-state index is 11.7. The van der Waals surface area contributed by atoms with Gasteiger partial charge in [-0.25, -0.2) is 4.79 Å². The highest BCUT2D eigenvalue weighted by Gasteiger charge is 2.15. The van der Waals surface area contributed by atoms with Crippen molar-refractivity contribution in [3.8, 4) is 0 Å². The molecule has 0 saturated heterocycles. The number of benzene rings is 1. The fourth-order valence-corrected chi connectivity index (χ4v) is 1.40. The lowest BCUT2D eigenvalue weighted by molar-refractivity contribution is -0.137. The Morgan fingerprint density at radius 2 is 1.86 bits per heavy atom. The smallest absolute Gasteiger partial charge is 0.338 e. The summed E-state index contributed by atoms with van der Waals surface area (Å²) in [4.78, 5) is 46.1. The van der Waals surface area contributed by atoms with Crippen LogP contribution in [-0.2, 0) is 14.3 Å². The van der Waals surface area contributed by atoms with Gasteiger partial charge in [0.15, 0.2) is 6.61 Å². The number of carbonyl (C=O) groups is 4. The minimum absolute atomic E-state index is 0.110. The summed E-state index contributed by atoms with van der Waals surface area (Å²) in [6, 6.07) is 5.82. The summed E-state index contributed by atoms with van der Waals surface area (Å²) in [5.74, 6) is -1.48. The molecule has 0 aliphatic carbocycles. The number of nitrogens with zero attached hydrogens (tertiary/aromatic N) is 1. The van der Waals surface area contributed by atoms with Gasteiger partial charge in [0, 0.05) is 19.7 Å². The topological polar surface area (TPSA) is 92.8 Å². The average molecular weight is 292 g/mol. The van der Waals surface area contributed by atoms with E-state index in [9.17, 15) is 19.2 Å². The maximum Gasteiger partial charge on any atom is 0.338 e. The standard InChI is InChI=1S/C14H16N2O5/c1-15-12(18)7-16(2)13(19)9-21-14(20)11-5-3-10(8-17)4-6-11/h3-6,8H,7,9H2,1-2H3,(H,15,18). The van der Waals surface area contributed by atoms with Crippen molar-refractivity contribution in [1.29, 1.82) is 0 Å². The van der Waals surface area contributed by atoms with E-state index >= 15 is 0 Å². The second-order valence-electron chi connectivity index (χ2n) is 4.24. The average Bonchev–Trinajstić information content (AvgIpc) is 2.51. The number of ether oxygens (including phenoxy) is 1. The Kier molecular flexibility index (Phi) is 6.06. The zero-order valence-electron chi connectivity index (χ0n) is 11.8. The van der Waals surface area contributed by atoms with Crippen LogP contribution in [0.15, 0.2) is 24.3 Å². The Balaban J connectivity index is 2.49. The Hall–Kier alpha value is -2.70. The molecule has 0 spiro atoms. The third kappa shape index (κ3) is 5.06. The lowest BCUT2D eigenvalue weighted by Crippen LogP contribution is -2.39. The van der Waals surface area contributed by atoms with E-state index in [1.165, 1.54) is 38.4 Å². The van der Waals surface area contributed by atoms with Crippen LogP contribution in [0.3, 0.4) is 0 Å². The first-order valence-electron chi connectivity index (χ1n) is 6.15. The number of hydrogen-bond donors (Lipinski definition) is 1. The van der Waals surface area contributed by atoms with Crippen LogP contribution in [0.2, 0.25) is 0 Å². The Labute approximate surface area is 121 Å². The maximum absolute atomic E-state index is 11.7. The van der Waals surface area contributed by atoms with Crippen LogP contribution in [0.5, 0.6) is 0 Å². The molecular formula is C14H16N2O5. The number of carbonyl (C=O) groups excluding carboxylic acids is 4. The van der Waals surface area contributed by atoms with E-state index in [1.807, 2.05) is 0 Å². The predicted molar refractivity (Wildman–Crippen MR) is 73.8 cm³/mol. The van der Waals surface area contributed by atoms with E-state index < -0.39 is 18.5 Å². The first-order valence-corrected chi connectivity index (χ1v) is 6.15. The number of likely N-dealkylation sites (N-methyl/N-ethyl adjacent to an activating group) is 2. The Morgan fingerprint density at radius 1 is 1.24 bits per heavy atom. The summed E-state index contributed by atoms with van der Waals surface area (Å²) < 4.78 is 4.85. The first kappa shape index (κ1) is 16.4. The van der Waals surface area contributed by atoms with E-state index in [0.717, 1.165) is 4.90 Å². The Morgan fingerprint density at radius 3 is 2.38 bits per heavy atom. The molecule has 0 aliphatic rings. The molecule has 0 bridgehead atoms. The molecule has 0 unspecified atom stereocenters. The molecule has 1 aromatic carbocycles. The summed E-state index contributed by atoms with van der Waals surface area (Å²) in [7, 11) is 2.90. The van der Waals surface area contributed by atoms with Crippen LogP contribution in [0.1, 0.15) is 20.7 Å². The summed E-state index contributed by atoms with van der Waals surface area (Å²) in [5, 5.41) is 2.38. The van der Waals surface area contributed by atoms with Gasteiger partial charge in [0.2, 0.25) is 5.91 Å². The molecule has 7 heteroatoms. The molecule has 0 atom stereocenters. The molecule has 0 fully saturated rings. The molecule has 0 aromatic heterocycles. The third-order valence-corrected chi connectivity index (χ3v) is 2.69. The van der Waals surface area contributed by atoms with Crippen molar-refractivity contribution in [1.82, 2.24) is 10.2 Å². The van der Waals surface area contributed by atoms with Crippen LogP contribution in [0.4, 0.5) is 0 Å². The van der Waals surface area contributed by atoms with Crippen molar-refractivity contribution in [2.24, 2.45) is 0 Å². The van der Waals surface area contributed by atoms with Crippen LogP contribution >= 0.6 is 0 Å². The number of rotatable bonds is 6. The van der Waals surface area contributed by atoms with Gasteiger partial charge in [0.1, 0.15) is 6.29 Å². The summed E-state index contributed by atoms with van der Waals surface area (Å²) in [5.41, 5.74) is 0.676. The van der Waals surface area contributed by atoms with E-state index in [1.54, 1.807) is 0 Å². The van der Waals surface area contributed by atoms with Crippen LogP contribution < -0.4 is 5.32 Å². The van der Waals surface area contributed by atoms with Crippen molar-refractivity contribution < 1.29 is 23.9 Å². The fourth-order valence-electron chi connectivity index (χ4n) is 1.40. The molecule has 0 heterocycles. The highest BCUT2D eigenvalue weighted by molar-refractivity contribution is 5.92. The van der Waals surface area contributed by atoms with Gasteiger partial charge in [-0.05, 0) is 12.1 Å². The monoisotopic (exact) mass is 292 g/mol. The fraction of sp³-hybridized carbons (Fsp3) is 0.286. The van der Waals surface area contributed by atoms with E-state index in [4.69, 9.17) is 4.74 Å². The van der Waals surface area contributed by atoms with Gasteiger partial charge >= 0.3 is 5.97 Å². The van der Waals surface area contributed by atoms with Gasteiger partial charge < -0.3 is 15.0 Å². The number of nitrogens with one attached hydrogen (secondary N) is 1. The van der Waals surface area contributed by atoms with Crippen molar-refractivity contribution in [3.05, 3.63) is 35.4 Å². The van der Waals surface area contributed by atoms with E-state index in [-0.39, 0.29) is 18.0 Å². The second kappa shape index (κ2) is 7.78. The highest BCUT2D eigenvalue weighted by Crippen LogP contribution is 2.04. The molecular weight excluding hydrogens is 276 g/mol. The zero-order chi connectivity index (χ0) is 15.8. The van der Waals surface area contributed by atoms with Crippen molar-refractivity contribution >= 4 is 24.1 Å². The number of aldehydes is 1. The SMILES string of the molecule is CNC(=O)CN(C)C(=O)COC(=O)c1ccc(C=O)cc1. The summed E-state index contributed by atoms with van der Waals surface area (Å²) in [6.45, 7) is -0.567. The lowest BCUT2D eigenvalue weighted by Gasteiger charge is -2.15. The van der Waals surface area contributed by atoms with Gasteiger partial charge in [-0.1, -0.05) is 12.1 Å². The molecule has 0 aliphatic heterocycles. The molecule has 112 valence electrons. The number of esters is 1. The second-order valence-corrected chi connectivity index (χ2v) is 4.24. The van der Waals surface area contributed by atoms with Crippen molar-refractivity contribution in [2.75, 3.05) is 27.2 Å². The number of hydrogen-bond acceptors (Lipinski definition) is 5. The lowest BCUT2D eigenvalue weighted by atomic mass is 10.1. The summed E-state index contributed by atoms with van der Waals surface area (Å²) >= 11 is 0. The summed E-state index contributed by atoms with van der Waals surface area (Å²) in [6.07, 6.45) is 0.659. The highest BCUT2D eigenvalue weighted by atomic mass is 16.5. The Bertz CT molecular complexity index is 539. The van der Waals surface area contributed by atoms with Gasteiger partial charge in [0.25, 0.3) is 5.91 Å². The quantitative estimate of drug-likeness (QED) is 0.582. The van der Waals surface area contributed by atoms with Crippen LogP contribution in [0.25, 0.3) is 0 Å². The van der Waals surface area contributed by atoms with Gasteiger partial charge in [0.05, 0.1) is 12.1 Å². The van der Waals surface area contributed by atoms with E-state index in [2.05, 4.69) is 5.32 Å². The zero-order valence-corrected chi connectivity index (χ0v) is 11.8. The molecule has 21 heavy (non-hydrogen) atoms. The molecule has 2 amide bonds. The van der Waals surface area contributed by atoms with Crippen LogP contribution in [-0.4, -0.2) is 56.2 Å². The third-order valence-electron chi connectivity index (χ3n) is 2.69. The van der Waals surface area contributed by atoms with Crippen molar-refractivity contribution in [2.45, 2.75) is 0 Å². The normalized spacial score (nSPS) is 9.62. The van der Waals surface area contributed by atoms with Gasteiger partial charge in [-0.3, -0.25) is 14.4 Å². The number of amides is 2. The molecule has 1 aromatic rings. The van der Waals surface area contributed by atoms with Crippen molar-refractivity contribution in [3.63, 3.8) is 0 Å².